The molecule has 1 rings (SSSR count). The fourth-order valence-corrected chi connectivity index (χ4v) is 1.79. The van der Waals surface area contributed by atoms with Crippen molar-refractivity contribution in [3.05, 3.63) is 0 Å². The summed E-state index contributed by atoms with van der Waals surface area (Å²) in [6, 6.07) is 0. The first-order valence-electron chi connectivity index (χ1n) is 4.81. The van der Waals surface area contributed by atoms with Gasteiger partial charge in [0.2, 0.25) is 0 Å². The highest BCUT2D eigenvalue weighted by molar-refractivity contribution is 4.73. The van der Waals surface area contributed by atoms with E-state index >= 15 is 0 Å². The lowest BCUT2D eigenvalue weighted by molar-refractivity contribution is 0.0433. The molecule has 1 fully saturated rings. The van der Waals surface area contributed by atoms with Gasteiger partial charge in [0.05, 0.1) is 6.10 Å². The molecule has 1 aliphatic carbocycles. The van der Waals surface area contributed by atoms with Gasteiger partial charge >= 0.3 is 0 Å². The van der Waals surface area contributed by atoms with Crippen LogP contribution in [0.25, 0.3) is 0 Å². The number of hydrogen-bond acceptors (Lipinski definition) is 1. The largest absolute Gasteiger partial charge is 0.378 e. The van der Waals surface area contributed by atoms with Gasteiger partial charge in [-0.05, 0) is 32.1 Å². The van der Waals surface area contributed by atoms with Gasteiger partial charge in [-0.3, -0.25) is 0 Å². The average molecular weight is 156 g/mol. The van der Waals surface area contributed by atoms with Crippen LogP contribution < -0.4 is 0 Å². The fraction of sp³-hybridized carbons (Fsp3) is 1.00. The monoisotopic (exact) mass is 156 g/mol. The van der Waals surface area contributed by atoms with E-state index in [4.69, 9.17) is 4.74 Å². The van der Waals surface area contributed by atoms with Crippen molar-refractivity contribution in [1.29, 1.82) is 0 Å². The Balaban J connectivity index is 2.15. The molecule has 1 heteroatoms. The standard InChI is InChI=1S/C10H20O/c1-8(2)11-7-10-6-4-5-9(10)3/h8-10H,4-7H2,1-3H3. The van der Waals surface area contributed by atoms with Gasteiger partial charge in [-0.1, -0.05) is 19.8 Å². The zero-order chi connectivity index (χ0) is 8.27. The third-order valence-corrected chi connectivity index (χ3v) is 2.68. The maximum Gasteiger partial charge on any atom is 0.0519 e. The zero-order valence-corrected chi connectivity index (χ0v) is 7.97. The first-order valence-corrected chi connectivity index (χ1v) is 4.81. The first-order chi connectivity index (χ1) is 5.20. The number of ether oxygens (including phenoxy) is 1. The second-order valence-electron chi connectivity index (χ2n) is 4.05. The van der Waals surface area contributed by atoms with Crippen molar-refractivity contribution in [2.45, 2.75) is 46.1 Å². The number of hydrogen-bond donors (Lipinski definition) is 0. The molecule has 0 spiro atoms. The second kappa shape index (κ2) is 4.10. The van der Waals surface area contributed by atoms with Crippen LogP contribution in [0, 0.1) is 11.8 Å². The van der Waals surface area contributed by atoms with E-state index in [1.807, 2.05) is 0 Å². The van der Waals surface area contributed by atoms with Crippen molar-refractivity contribution in [2.24, 2.45) is 11.8 Å². The van der Waals surface area contributed by atoms with Crippen molar-refractivity contribution >= 4 is 0 Å². The van der Waals surface area contributed by atoms with Crippen LogP contribution in [-0.4, -0.2) is 12.7 Å². The minimum Gasteiger partial charge on any atom is -0.378 e. The molecule has 0 aromatic rings. The third kappa shape index (κ3) is 2.82. The topological polar surface area (TPSA) is 9.23 Å². The lowest BCUT2D eigenvalue weighted by Gasteiger charge is -2.16. The third-order valence-electron chi connectivity index (χ3n) is 2.68. The Morgan fingerprint density at radius 3 is 2.55 bits per heavy atom. The summed E-state index contributed by atoms with van der Waals surface area (Å²) in [5, 5.41) is 0. The molecule has 1 saturated carbocycles. The highest BCUT2D eigenvalue weighted by Crippen LogP contribution is 2.31. The summed E-state index contributed by atoms with van der Waals surface area (Å²) in [5.74, 6) is 1.74. The predicted molar refractivity (Wildman–Crippen MR) is 47.6 cm³/mol. The molecule has 0 aliphatic heterocycles. The lowest BCUT2D eigenvalue weighted by atomic mass is 9.99. The second-order valence-corrected chi connectivity index (χ2v) is 4.05. The zero-order valence-electron chi connectivity index (χ0n) is 7.97. The molecule has 0 saturated heterocycles. The summed E-state index contributed by atoms with van der Waals surface area (Å²) < 4.78 is 5.60. The van der Waals surface area contributed by atoms with Gasteiger partial charge in [0.15, 0.2) is 0 Å². The van der Waals surface area contributed by atoms with Crippen molar-refractivity contribution in [3.63, 3.8) is 0 Å². The minimum atomic E-state index is 0.405. The highest BCUT2D eigenvalue weighted by Gasteiger charge is 2.23. The Morgan fingerprint density at radius 1 is 1.36 bits per heavy atom. The predicted octanol–water partition coefficient (Wildman–Crippen LogP) is 2.85. The molecule has 1 nitrogen and oxygen atoms in total. The number of rotatable bonds is 3. The molecule has 66 valence electrons. The van der Waals surface area contributed by atoms with E-state index < -0.39 is 0 Å². The van der Waals surface area contributed by atoms with Crippen LogP contribution in [0.1, 0.15) is 40.0 Å². The van der Waals surface area contributed by atoms with Crippen molar-refractivity contribution < 1.29 is 4.74 Å². The maximum atomic E-state index is 5.60. The van der Waals surface area contributed by atoms with Crippen LogP contribution in [0.2, 0.25) is 0 Å². The van der Waals surface area contributed by atoms with Crippen LogP contribution in [-0.2, 0) is 4.74 Å². The summed E-state index contributed by atoms with van der Waals surface area (Å²) in [6.45, 7) is 7.55. The van der Waals surface area contributed by atoms with Crippen molar-refractivity contribution in [3.8, 4) is 0 Å². The van der Waals surface area contributed by atoms with Crippen LogP contribution in [0.5, 0.6) is 0 Å². The van der Waals surface area contributed by atoms with Crippen LogP contribution >= 0.6 is 0 Å². The first kappa shape index (κ1) is 9.05. The molecule has 0 amide bonds. The Morgan fingerprint density at radius 2 is 2.09 bits per heavy atom. The summed E-state index contributed by atoms with van der Waals surface area (Å²) in [5.41, 5.74) is 0. The molecule has 2 unspecified atom stereocenters. The molecular weight excluding hydrogens is 136 g/mol. The normalized spacial score (nSPS) is 31.6. The van der Waals surface area contributed by atoms with Crippen molar-refractivity contribution in [1.82, 2.24) is 0 Å². The summed E-state index contributed by atoms with van der Waals surface area (Å²) >= 11 is 0. The van der Waals surface area contributed by atoms with E-state index in [0.29, 0.717) is 6.10 Å². The summed E-state index contributed by atoms with van der Waals surface area (Å²) in [6.07, 6.45) is 4.61. The smallest absolute Gasteiger partial charge is 0.0519 e. The lowest BCUT2D eigenvalue weighted by Crippen LogP contribution is -2.15. The van der Waals surface area contributed by atoms with E-state index in [1.165, 1.54) is 19.3 Å². The molecular formula is C10H20O. The van der Waals surface area contributed by atoms with E-state index in [2.05, 4.69) is 20.8 Å². The molecule has 0 aromatic heterocycles. The molecule has 11 heavy (non-hydrogen) atoms. The van der Waals surface area contributed by atoms with Crippen molar-refractivity contribution in [2.75, 3.05) is 6.61 Å². The molecule has 2 atom stereocenters. The summed E-state index contributed by atoms with van der Waals surface area (Å²) in [4.78, 5) is 0. The molecule has 0 N–H and O–H groups in total. The molecule has 1 aliphatic rings. The van der Waals surface area contributed by atoms with Gasteiger partial charge in [-0.15, -0.1) is 0 Å². The maximum absolute atomic E-state index is 5.60. The average Bonchev–Trinajstić information content (AvgIpc) is 2.31. The Kier molecular flexibility index (Phi) is 3.38. The van der Waals surface area contributed by atoms with Gasteiger partial charge in [-0.25, -0.2) is 0 Å². The fourth-order valence-electron chi connectivity index (χ4n) is 1.79. The van der Waals surface area contributed by atoms with Gasteiger partial charge in [0.25, 0.3) is 0 Å². The van der Waals surface area contributed by atoms with Gasteiger partial charge in [0.1, 0.15) is 0 Å². The van der Waals surface area contributed by atoms with Gasteiger partial charge in [-0.2, -0.15) is 0 Å². The molecule has 0 bridgehead atoms. The van der Waals surface area contributed by atoms with Gasteiger partial charge < -0.3 is 4.74 Å². The SMILES string of the molecule is CC(C)OCC1CCCC1C. The Hall–Kier alpha value is -0.0400. The minimum absolute atomic E-state index is 0.405. The summed E-state index contributed by atoms with van der Waals surface area (Å²) in [7, 11) is 0. The quantitative estimate of drug-likeness (QED) is 0.610. The van der Waals surface area contributed by atoms with E-state index in [9.17, 15) is 0 Å². The van der Waals surface area contributed by atoms with Crippen LogP contribution in [0.15, 0.2) is 0 Å². The Bertz CT molecular complexity index is 109. The molecule has 0 radical (unpaired) electrons. The molecule has 0 heterocycles. The van der Waals surface area contributed by atoms with Gasteiger partial charge in [0, 0.05) is 6.61 Å². The van der Waals surface area contributed by atoms with E-state index in [-0.39, 0.29) is 0 Å². The van der Waals surface area contributed by atoms with E-state index in [1.54, 1.807) is 0 Å². The Labute approximate surface area is 70.1 Å². The van der Waals surface area contributed by atoms with Crippen LogP contribution in [0.3, 0.4) is 0 Å². The van der Waals surface area contributed by atoms with E-state index in [0.717, 1.165) is 18.4 Å². The molecule has 0 aromatic carbocycles. The highest BCUT2D eigenvalue weighted by atomic mass is 16.5. The van der Waals surface area contributed by atoms with Crippen LogP contribution in [0.4, 0.5) is 0 Å².